The number of hydrogen-bond donors (Lipinski definition) is 1. The molecule has 2 rings (SSSR count). The maximum atomic E-state index is 13.6. The zero-order valence-corrected chi connectivity index (χ0v) is 12.1. The summed E-state index contributed by atoms with van der Waals surface area (Å²) in [6.07, 6.45) is -5.03. The summed E-state index contributed by atoms with van der Waals surface area (Å²) in [5.74, 6) is -4.84. The smallest absolute Gasteiger partial charge is 0.385 e. The molecule has 2 aromatic rings. The summed E-state index contributed by atoms with van der Waals surface area (Å²) in [7, 11) is 0. The van der Waals surface area contributed by atoms with Crippen LogP contribution in [0.2, 0.25) is 0 Å². The molecule has 0 fully saturated rings. The number of halogens is 5. The summed E-state index contributed by atoms with van der Waals surface area (Å²) in [5, 5.41) is 3.07. The molecular formula is C17H15F5N. The van der Waals surface area contributed by atoms with Crippen LogP contribution in [0.25, 0.3) is 0 Å². The number of alkyl halides is 5. The molecule has 0 amide bonds. The van der Waals surface area contributed by atoms with E-state index in [2.05, 4.69) is 11.4 Å². The maximum Gasteiger partial charge on any atom is 0.458 e. The van der Waals surface area contributed by atoms with E-state index in [9.17, 15) is 22.0 Å². The van der Waals surface area contributed by atoms with Gasteiger partial charge in [0.05, 0.1) is 0 Å². The predicted octanol–water partition coefficient (Wildman–Crippen LogP) is 5.19. The molecule has 123 valence electrons. The molecule has 0 spiro atoms. The van der Waals surface area contributed by atoms with Crippen LogP contribution in [-0.2, 0) is 12.3 Å². The van der Waals surface area contributed by atoms with Gasteiger partial charge in [0.2, 0.25) is 0 Å². The standard InChI is InChI=1S/C17H15F5N/c18-16(19,17(20,21)22)15-11-5-4-7-13(15)8-6-12-23-14-9-2-1-3-10-14/h2-5,7,9-11,23H,6,8,12H2. The Labute approximate surface area is 131 Å². The van der Waals surface area contributed by atoms with E-state index in [0.717, 1.165) is 11.8 Å². The summed E-state index contributed by atoms with van der Waals surface area (Å²) in [4.78, 5) is 0. The zero-order chi connectivity index (χ0) is 16.9. The molecule has 1 nitrogen and oxygen atoms in total. The van der Waals surface area contributed by atoms with Crippen LogP contribution in [0.5, 0.6) is 0 Å². The Bertz CT molecular complexity index is 622. The van der Waals surface area contributed by atoms with Crippen molar-refractivity contribution in [1.29, 1.82) is 0 Å². The molecule has 0 bridgehead atoms. The van der Waals surface area contributed by atoms with Crippen LogP contribution in [0.1, 0.15) is 17.5 Å². The Balaban J connectivity index is 2.01. The lowest BCUT2D eigenvalue weighted by molar-refractivity contribution is -0.289. The van der Waals surface area contributed by atoms with Gasteiger partial charge in [0, 0.05) is 17.8 Å². The fraction of sp³-hybridized carbons (Fsp3) is 0.294. The molecule has 0 atom stereocenters. The van der Waals surface area contributed by atoms with Crippen molar-refractivity contribution in [3.63, 3.8) is 0 Å². The van der Waals surface area contributed by atoms with Gasteiger partial charge in [-0.1, -0.05) is 36.4 Å². The molecule has 0 aromatic heterocycles. The van der Waals surface area contributed by atoms with Gasteiger partial charge in [-0.3, -0.25) is 0 Å². The van der Waals surface area contributed by atoms with Crippen LogP contribution in [-0.4, -0.2) is 12.7 Å². The topological polar surface area (TPSA) is 12.0 Å². The van der Waals surface area contributed by atoms with E-state index in [1.54, 1.807) is 24.3 Å². The molecule has 0 aliphatic rings. The van der Waals surface area contributed by atoms with Gasteiger partial charge in [-0.2, -0.15) is 22.0 Å². The van der Waals surface area contributed by atoms with Gasteiger partial charge in [0.1, 0.15) is 0 Å². The lowest BCUT2D eigenvalue weighted by atomic mass is 9.97. The van der Waals surface area contributed by atoms with Gasteiger partial charge in [0.25, 0.3) is 0 Å². The van der Waals surface area contributed by atoms with E-state index in [-0.39, 0.29) is 12.0 Å². The van der Waals surface area contributed by atoms with E-state index < -0.39 is 17.7 Å². The van der Waals surface area contributed by atoms with E-state index in [0.29, 0.717) is 13.0 Å². The van der Waals surface area contributed by atoms with Crippen LogP contribution in [0.3, 0.4) is 0 Å². The molecule has 1 N–H and O–H groups in total. The number of rotatable bonds is 6. The van der Waals surface area contributed by atoms with Crippen molar-refractivity contribution >= 4 is 5.69 Å². The highest BCUT2D eigenvalue weighted by Gasteiger charge is 2.59. The summed E-state index contributed by atoms with van der Waals surface area (Å²) in [5.41, 5.74) is -0.113. The van der Waals surface area contributed by atoms with Gasteiger partial charge in [0.15, 0.2) is 0 Å². The normalized spacial score (nSPS) is 12.2. The Hall–Kier alpha value is -2.11. The first-order valence-corrected chi connectivity index (χ1v) is 7.05. The van der Waals surface area contributed by atoms with Crippen LogP contribution >= 0.6 is 0 Å². The van der Waals surface area contributed by atoms with Crippen LogP contribution < -0.4 is 5.32 Å². The monoisotopic (exact) mass is 328 g/mol. The summed E-state index contributed by atoms with van der Waals surface area (Å²) in [6, 6.07) is 14.7. The molecule has 0 heterocycles. The number of hydrogen-bond acceptors (Lipinski definition) is 1. The Morgan fingerprint density at radius 1 is 0.913 bits per heavy atom. The Morgan fingerprint density at radius 2 is 1.57 bits per heavy atom. The molecular weight excluding hydrogens is 313 g/mol. The van der Waals surface area contributed by atoms with Gasteiger partial charge < -0.3 is 5.32 Å². The minimum absolute atomic E-state index is 0.0121. The minimum atomic E-state index is -5.60. The van der Waals surface area contributed by atoms with Crippen molar-refractivity contribution in [2.24, 2.45) is 0 Å². The predicted molar refractivity (Wildman–Crippen MR) is 78.5 cm³/mol. The van der Waals surface area contributed by atoms with E-state index in [1.165, 1.54) is 18.2 Å². The molecule has 0 unspecified atom stereocenters. The van der Waals surface area contributed by atoms with Gasteiger partial charge in [-0.15, -0.1) is 0 Å². The number of nitrogens with one attached hydrogen (secondary N) is 1. The van der Waals surface area contributed by atoms with Crippen molar-refractivity contribution in [3.05, 3.63) is 65.7 Å². The Morgan fingerprint density at radius 3 is 2.22 bits per heavy atom. The largest absolute Gasteiger partial charge is 0.458 e. The molecule has 0 saturated carbocycles. The summed E-state index contributed by atoms with van der Waals surface area (Å²) < 4.78 is 64.7. The van der Waals surface area contributed by atoms with Gasteiger partial charge in [-0.25, -0.2) is 0 Å². The fourth-order valence-corrected chi connectivity index (χ4v) is 2.21. The van der Waals surface area contributed by atoms with Crippen LogP contribution in [0.15, 0.2) is 48.5 Å². The van der Waals surface area contributed by atoms with E-state index in [1.807, 2.05) is 0 Å². The molecule has 1 radical (unpaired) electrons. The molecule has 0 aliphatic heterocycles. The van der Waals surface area contributed by atoms with Crippen molar-refractivity contribution in [3.8, 4) is 0 Å². The van der Waals surface area contributed by atoms with Crippen LogP contribution in [0.4, 0.5) is 27.6 Å². The highest BCUT2D eigenvalue weighted by atomic mass is 19.4. The third-order valence-electron chi connectivity index (χ3n) is 3.38. The highest BCUT2D eigenvalue weighted by Crippen LogP contribution is 2.45. The zero-order valence-electron chi connectivity index (χ0n) is 12.1. The van der Waals surface area contributed by atoms with Gasteiger partial charge >= 0.3 is 12.1 Å². The average molecular weight is 328 g/mol. The second-order valence-corrected chi connectivity index (χ2v) is 5.05. The quantitative estimate of drug-likeness (QED) is 0.569. The second kappa shape index (κ2) is 6.98. The van der Waals surface area contributed by atoms with Crippen molar-refractivity contribution in [2.45, 2.75) is 24.9 Å². The Kier molecular flexibility index (Phi) is 5.23. The maximum absolute atomic E-state index is 13.6. The highest BCUT2D eigenvalue weighted by molar-refractivity contribution is 5.42. The fourth-order valence-electron chi connectivity index (χ4n) is 2.21. The molecule has 0 aliphatic carbocycles. The number of anilines is 1. The lowest BCUT2D eigenvalue weighted by Gasteiger charge is -2.22. The average Bonchev–Trinajstić information content (AvgIpc) is 2.52. The summed E-state index contributed by atoms with van der Waals surface area (Å²) in [6.45, 7) is 0.468. The minimum Gasteiger partial charge on any atom is -0.385 e. The third-order valence-corrected chi connectivity index (χ3v) is 3.38. The van der Waals surface area contributed by atoms with Gasteiger partial charge in [-0.05, 0) is 36.6 Å². The van der Waals surface area contributed by atoms with Crippen molar-refractivity contribution in [2.75, 3.05) is 11.9 Å². The molecule has 2 aromatic carbocycles. The van der Waals surface area contributed by atoms with Crippen molar-refractivity contribution < 1.29 is 22.0 Å². The number of aryl methyl sites for hydroxylation is 1. The molecule has 0 saturated heterocycles. The first-order chi connectivity index (χ1) is 10.8. The first-order valence-electron chi connectivity index (χ1n) is 7.05. The summed E-state index contributed by atoms with van der Waals surface area (Å²) >= 11 is 0. The molecule has 23 heavy (non-hydrogen) atoms. The van der Waals surface area contributed by atoms with Crippen molar-refractivity contribution in [1.82, 2.24) is 0 Å². The molecule has 6 heteroatoms. The first kappa shape index (κ1) is 17.2. The SMILES string of the molecule is FC(F)(F)C(F)(F)c1ccccc1CCCNc1cc[c]cc1. The third kappa shape index (κ3) is 4.21. The second-order valence-electron chi connectivity index (χ2n) is 5.05. The lowest BCUT2D eigenvalue weighted by Crippen LogP contribution is -2.34. The number of benzene rings is 2. The van der Waals surface area contributed by atoms with Crippen LogP contribution in [0, 0.1) is 6.07 Å². The van der Waals surface area contributed by atoms with E-state index >= 15 is 0 Å². The van der Waals surface area contributed by atoms with E-state index in [4.69, 9.17) is 0 Å².